The lowest BCUT2D eigenvalue weighted by molar-refractivity contribution is -0.115. The fourth-order valence-electron chi connectivity index (χ4n) is 2.67. The molecule has 4 N–H and O–H groups in total. The van der Waals surface area contributed by atoms with Crippen LogP contribution < -0.4 is 21.3 Å². The van der Waals surface area contributed by atoms with Crippen molar-refractivity contribution in [3.63, 3.8) is 0 Å². The van der Waals surface area contributed by atoms with Crippen molar-refractivity contribution in [2.45, 2.75) is 20.8 Å². The van der Waals surface area contributed by atoms with Crippen LogP contribution in [0.25, 0.3) is 0 Å². The van der Waals surface area contributed by atoms with Crippen molar-refractivity contribution >= 4 is 46.2 Å². The third-order valence-electron chi connectivity index (χ3n) is 3.79. The number of hydrogen-bond donors (Lipinski definition) is 4. The minimum Gasteiger partial charge on any atom is -0.340 e. The number of anilines is 6. The van der Waals surface area contributed by atoms with E-state index < -0.39 is 0 Å². The molecule has 0 spiro atoms. The van der Waals surface area contributed by atoms with E-state index in [4.69, 9.17) is 0 Å². The van der Waals surface area contributed by atoms with E-state index in [1.807, 2.05) is 55.5 Å². The summed E-state index contributed by atoms with van der Waals surface area (Å²) in [6, 6.07) is 16.5. The predicted molar refractivity (Wildman–Crippen MR) is 115 cm³/mol. The molecule has 8 nitrogen and oxygen atoms in total. The zero-order valence-corrected chi connectivity index (χ0v) is 16.4. The Bertz CT molecular complexity index is 937. The molecule has 1 aromatic heterocycles. The predicted octanol–water partition coefficient (Wildman–Crippen LogP) is 4.19. The number of nitrogens with one attached hydrogen (secondary N) is 4. The molecule has 0 aliphatic carbocycles. The highest BCUT2D eigenvalue weighted by Crippen LogP contribution is 2.22. The standard InChI is InChI=1S/C21H22N6O2/c1-13-22-20(26-18-8-4-16(5-9-18)24-14(2)28)12-21(23-13)27-19-10-6-17(7-11-19)25-15(3)29/h4-12H,1-3H3,(H,24,28)(H,25,29)(H2,22,23,26,27). The second-order valence-corrected chi connectivity index (χ2v) is 6.45. The summed E-state index contributed by atoms with van der Waals surface area (Å²) in [4.78, 5) is 31.0. The van der Waals surface area contributed by atoms with Gasteiger partial charge in [0, 0.05) is 42.7 Å². The van der Waals surface area contributed by atoms with Crippen molar-refractivity contribution in [2.75, 3.05) is 21.3 Å². The second kappa shape index (κ2) is 8.83. The molecule has 3 rings (SSSR count). The maximum Gasteiger partial charge on any atom is 0.221 e. The number of amides is 2. The molecule has 29 heavy (non-hydrogen) atoms. The maximum atomic E-state index is 11.1. The van der Waals surface area contributed by atoms with Crippen molar-refractivity contribution in [3.05, 3.63) is 60.4 Å². The van der Waals surface area contributed by atoms with Gasteiger partial charge < -0.3 is 21.3 Å². The Balaban J connectivity index is 1.71. The molecule has 0 atom stereocenters. The first-order valence-corrected chi connectivity index (χ1v) is 9.02. The van der Waals surface area contributed by atoms with Crippen LogP contribution in [-0.2, 0) is 9.59 Å². The highest BCUT2D eigenvalue weighted by Gasteiger charge is 2.05. The lowest BCUT2D eigenvalue weighted by Crippen LogP contribution is -2.06. The summed E-state index contributed by atoms with van der Waals surface area (Å²) in [5, 5.41) is 11.9. The number of rotatable bonds is 6. The third-order valence-corrected chi connectivity index (χ3v) is 3.79. The van der Waals surface area contributed by atoms with Gasteiger partial charge in [-0.05, 0) is 55.5 Å². The first-order valence-electron chi connectivity index (χ1n) is 9.02. The second-order valence-electron chi connectivity index (χ2n) is 6.45. The molecule has 0 saturated heterocycles. The van der Waals surface area contributed by atoms with E-state index in [0.29, 0.717) is 17.5 Å². The van der Waals surface area contributed by atoms with Crippen LogP contribution in [0.3, 0.4) is 0 Å². The summed E-state index contributed by atoms with van der Waals surface area (Å²) < 4.78 is 0. The van der Waals surface area contributed by atoms with Crippen molar-refractivity contribution in [1.29, 1.82) is 0 Å². The first kappa shape index (κ1) is 19.8. The normalized spacial score (nSPS) is 10.2. The molecule has 3 aromatic rings. The lowest BCUT2D eigenvalue weighted by Gasteiger charge is -2.11. The molecule has 0 bridgehead atoms. The van der Waals surface area contributed by atoms with Crippen LogP contribution in [0, 0.1) is 6.92 Å². The largest absolute Gasteiger partial charge is 0.340 e. The molecule has 0 aliphatic heterocycles. The average Bonchev–Trinajstić information content (AvgIpc) is 2.64. The van der Waals surface area contributed by atoms with Gasteiger partial charge >= 0.3 is 0 Å². The van der Waals surface area contributed by atoms with E-state index in [9.17, 15) is 9.59 Å². The molecule has 2 amide bonds. The van der Waals surface area contributed by atoms with Gasteiger partial charge in [0.05, 0.1) is 0 Å². The molecule has 8 heteroatoms. The Morgan fingerprint density at radius 1 is 0.655 bits per heavy atom. The topological polar surface area (TPSA) is 108 Å². The van der Waals surface area contributed by atoms with Gasteiger partial charge in [0.1, 0.15) is 17.5 Å². The van der Waals surface area contributed by atoms with Crippen molar-refractivity contribution in [1.82, 2.24) is 9.97 Å². The van der Waals surface area contributed by atoms with Crippen LogP contribution in [0.2, 0.25) is 0 Å². The molecule has 0 saturated carbocycles. The lowest BCUT2D eigenvalue weighted by atomic mass is 10.2. The molecule has 1 heterocycles. The Hall–Kier alpha value is -3.94. The van der Waals surface area contributed by atoms with Gasteiger partial charge in [-0.2, -0.15) is 0 Å². The molecule has 0 unspecified atom stereocenters. The molecular formula is C21H22N6O2. The molecule has 0 radical (unpaired) electrons. The number of benzene rings is 2. The molecule has 0 fully saturated rings. The van der Waals surface area contributed by atoms with Crippen LogP contribution in [-0.4, -0.2) is 21.8 Å². The summed E-state index contributed by atoms with van der Waals surface area (Å²) >= 11 is 0. The number of carbonyl (C=O) groups excluding carboxylic acids is 2. The van der Waals surface area contributed by atoms with E-state index >= 15 is 0 Å². The van der Waals surface area contributed by atoms with E-state index in [0.717, 1.165) is 22.7 Å². The van der Waals surface area contributed by atoms with Gasteiger partial charge in [0.2, 0.25) is 11.8 Å². The third kappa shape index (κ3) is 6.03. The maximum absolute atomic E-state index is 11.1. The van der Waals surface area contributed by atoms with Crippen LogP contribution in [0.5, 0.6) is 0 Å². The Morgan fingerprint density at radius 3 is 1.34 bits per heavy atom. The van der Waals surface area contributed by atoms with Gasteiger partial charge in [-0.25, -0.2) is 9.97 Å². The zero-order valence-electron chi connectivity index (χ0n) is 16.4. The number of carbonyl (C=O) groups is 2. The summed E-state index contributed by atoms with van der Waals surface area (Å²) in [6.07, 6.45) is 0. The minimum atomic E-state index is -0.113. The van der Waals surface area contributed by atoms with Crippen LogP contribution in [0.15, 0.2) is 54.6 Å². The summed E-state index contributed by atoms with van der Waals surface area (Å²) in [5.74, 6) is 1.67. The molecule has 0 aliphatic rings. The van der Waals surface area contributed by atoms with E-state index in [1.54, 1.807) is 6.07 Å². The highest BCUT2D eigenvalue weighted by atomic mass is 16.2. The minimum absolute atomic E-state index is 0.113. The van der Waals surface area contributed by atoms with Crippen LogP contribution >= 0.6 is 0 Å². The van der Waals surface area contributed by atoms with Gasteiger partial charge in [0.25, 0.3) is 0 Å². The summed E-state index contributed by atoms with van der Waals surface area (Å²) in [5.41, 5.74) is 3.13. The fourth-order valence-corrected chi connectivity index (χ4v) is 2.67. The van der Waals surface area contributed by atoms with Gasteiger partial charge in [0.15, 0.2) is 0 Å². The van der Waals surface area contributed by atoms with Crippen molar-refractivity contribution in [2.24, 2.45) is 0 Å². The molecular weight excluding hydrogens is 368 g/mol. The van der Waals surface area contributed by atoms with Crippen LogP contribution in [0.1, 0.15) is 19.7 Å². The van der Waals surface area contributed by atoms with E-state index in [1.165, 1.54) is 13.8 Å². The van der Waals surface area contributed by atoms with Gasteiger partial charge in [-0.3, -0.25) is 9.59 Å². The van der Waals surface area contributed by atoms with E-state index in [-0.39, 0.29) is 11.8 Å². The van der Waals surface area contributed by atoms with Gasteiger partial charge in [-0.15, -0.1) is 0 Å². The fraction of sp³-hybridized carbons (Fsp3) is 0.143. The zero-order chi connectivity index (χ0) is 20.8. The number of aryl methyl sites for hydroxylation is 1. The SMILES string of the molecule is CC(=O)Nc1ccc(Nc2cc(Nc3ccc(NC(C)=O)cc3)nc(C)n2)cc1. The quantitative estimate of drug-likeness (QED) is 0.503. The molecule has 148 valence electrons. The first-order chi connectivity index (χ1) is 13.9. The monoisotopic (exact) mass is 390 g/mol. The Morgan fingerprint density at radius 2 is 1.00 bits per heavy atom. The molecule has 2 aromatic carbocycles. The number of nitrogens with zero attached hydrogens (tertiary/aromatic N) is 2. The Kier molecular flexibility index (Phi) is 6.03. The van der Waals surface area contributed by atoms with Crippen molar-refractivity contribution in [3.8, 4) is 0 Å². The smallest absolute Gasteiger partial charge is 0.221 e. The Labute approximate surface area is 168 Å². The highest BCUT2D eigenvalue weighted by molar-refractivity contribution is 5.89. The summed E-state index contributed by atoms with van der Waals surface area (Å²) in [6.45, 7) is 4.76. The average molecular weight is 390 g/mol. The number of aromatic nitrogens is 2. The van der Waals surface area contributed by atoms with E-state index in [2.05, 4.69) is 31.2 Å². The van der Waals surface area contributed by atoms with Crippen molar-refractivity contribution < 1.29 is 9.59 Å². The van der Waals surface area contributed by atoms with Gasteiger partial charge in [-0.1, -0.05) is 0 Å². The number of hydrogen-bond acceptors (Lipinski definition) is 6. The summed E-state index contributed by atoms with van der Waals surface area (Å²) in [7, 11) is 0. The van der Waals surface area contributed by atoms with Crippen LogP contribution in [0.4, 0.5) is 34.4 Å².